The third-order valence-electron chi connectivity index (χ3n) is 4.45. The number of rotatable bonds is 5. The fourth-order valence-corrected chi connectivity index (χ4v) is 5.18. The van der Waals surface area contributed by atoms with Crippen molar-refractivity contribution in [2.75, 3.05) is 38.4 Å². The fourth-order valence-electron chi connectivity index (χ4n) is 2.82. The zero-order chi connectivity index (χ0) is 17.0. The highest BCUT2D eigenvalue weighted by Gasteiger charge is 2.33. The predicted molar refractivity (Wildman–Crippen MR) is 93.5 cm³/mol. The van der Waals surface area contributed by atoms with Crippen LogP contribution in [0.3, 0.4) is 0 Å². The summed E-state index contributed by atoms with van der Waals surface area (Å²) in [6.07, 6.45) is 2.47. The Bertz CT molecular complexity index is 671. The van der Waals surface area contributed by atoms with Crippen molar-refractivity contribution in [3.05, 3.63) is 18.2 Å². The van der Waals surface area contributed by atoms with E-state index >= 15 is 0 Å². The molecule has 8 heteroatoms. The minimum absolute atomic E-state index is 0.184. The van der Waals surface area contributed by atoms with Crippen LogP contribution >= 0.6 is 11.8 Å². The molecule has 1 fully saturated rings. The first-order chi connectivity index (χ1) is 11.5. The number of nitrogens with one attached hydrogen (secondary N) is 1. The molecule has 1 N–H and O–H groups in total. The number of fused-ring (bicyclic) bond motifs is 1. The van der Waals surface area contributed by atoms with Gasteiger partial charge in [0.15, 0.2) is 11.5 Å². The minimum Gasteiger partial charge on any atom is -0.490 e. The molecular formula is C16H23NO5S2. The Kier molecular flexibility index (Phi) is 5.59. The van der Waals surface area contributed by atoms with Gasteiger partial charge in [0.2, 0.25) is 10.0 Å². The average Bonchev–Trinajstić information content (AvgIpc) is 2.85. The molecule has 2 heterocycles. The Morgan fingerprint density at radius 3 is 2.62 bits per heavy atom. The first kappa shape index (κ1) is 17.8. The number of benzene rings is 1. The van der Waals surface area contributed by atoms with Gasteiger partial charge in [0.05, 0.1) is 23.7 Å². The van der Waals surface area contributed by atoms with E-state index in [-0.39, 0.29) is 11.4 Å². The highest BCUT2D eigenvalue weighted by atomic mass is 32.2. The van der Waals surface area contributed by atoms with E-state index in [0.717, 1.165) is 30.8 Å². The smallest absolute Gasteiger partial charge is 0.240 e. The van der Waals surface area contributed by atoms with E-state index in [1.165, 1.54) is 6.07 Å². The van der Waals surface area contributed by atoms with Crippen molar-refractivity contribution in [2.24, 2.45) is 0 Å². The Morgan fingerprint density at radius 1 is 1.21 bits per heavy atom. The zero-order valence-corrected chi connectivity index (χ0v) is 15.4. The topological polar surface area (TPSA) is 73.9 Å². The number of methoxy groups -OCH3 is 1. The first-order valence-corrected chi connectivity index (χ1v) is 10.7. The van der Waals surface area contributed by atoms with E-state index < -0.39 is 15.6 Å². The molecule has 0 aliphatic carbocycles. The van der Waals surface area contributed by atoms with Gasteiger partial charge < -0.3 is 14.2 Å². The Labute approximate surface area is 147 Å². The summed E-state index contributed by atoms with van der Waals surface area (Å²) in [6, 6.07) is 4.73. The second kappa shape index (κ2) is 7.51. The second-order valence-electron chi connectivity index (χ2n) is 5.98. The predicted octanol–water partition coefficient (Wildman–Crippen LogP) is 2.04. The third-order valence-corrected chi connectivity index (χ3v) is 6.84. The van der Waals surface area contributed by atoms with Crippen LogP contribution < -0.4 is 14.2 Å². The molecule has 1 aromatic carbocycles. The largest absolute Gasteiger partial charge is 0.490 e. The number of thioether (sulfide) groups is 1. The minimum atomic E-state index is -3.63. The number of ether oxygens (including phenoxy) is 3. The Balaban J connectivity index is 1.74. The van der Waals surface area contributed by atoms with E-state index in [1.807, 2.05) is 11.8 Å². The van der Waals surface area contributed by atoms with E-state index in [9.17, 15) is 8.42 Å². The first-order valence-electron chi connectivity index (χ1n) is 8.07. The van der Waals surface area contributed by atoms with Crippen molar-refractivity contribution in [2.45, 2.75) is 29.8 Å². The van der Waals surface area contributed by atoms with Crippen molar-refractivity contribution in [3.8, 4) is 11.5 Å². The van der Waals surface area contributed by atoms with Crippen molar-refractivity contribution in [1.82, 2.24) is 4.72 Å². The fraction of sp³-hybridized carbons (Fsp3) is 0.625. The van der Waals surface area contributed by atoms with Gasteiger partial charge in [0.25, 0.3) is 0 Å². The normalized spacial score (nSPS) is 20.4. The lowest BCUT2D eigenvalue weighted by Gasteiger charge is -2.35. The van der Waals surface area contributed by atoms with Gasteiger partial charge in [-0.2, -0.15) is 11.8 Å². The molecule has 1 aromatic rings. The maximum Gasteiger partial charge on any atom is 0.240 e. The van der Waals surface area contributed by atoms with Gasteiger partial charge in [-0.15, -0.1) is 0 Å². The number of sulfonamides is 1. The van der Waals surface area contributed by atoms with Crippen LogP contribution in [0.1, 0.15) is 19.3 Å². The summed E-state index contributed by atoms with van der Waals surface area (Å²) in [6.45, 7) is 1.38. The molecule has 0 radical (unpaired) electrons. The number of hydrogen-bond donors (Lipinski definition) is 1. The van der Waals surface area contributed by atoms with Crippen LogP contribution in [-0.4, -0.2) is 52.4 Å². The highest BCUT2D eigenvalue weighted by molar-refractivity contribution is 7.99. The maximum atomic E-state index is 12.6. The zero-order valence-electron chi connectivity index (χ0n) is 13.7. The van der Waals surface area contributed by atoms with Gasteiger partial charge in [-0.1, -0.05) is 0 Å². The van der Waals surface area contributed by atoms with E-state index in [4.69, 9.17) is 14.2 Å². The molecule has 0 atom stereocenters. The summed E-state index contributed by atoms with van der Waals surface area (Å²) in [5.74, 6) is 3.04. The van der Waals surface area contributed by atoms with Crippen molar-refractivity contribution >= 4 is 21.8 Å². The molecule has 0 spiro atoms. The van der Waals surface area contributed by atoms with Crippen LogP contribution in [0.4, 0.5) is 0 Å². The monoisotopic (exact) mass is 373 g/mol. The molecular weight excluding hydrogens is 350 g/mol. The van der Waals surface area contributed by atoms with E-state index in [0.29, 0.717) is 24.7 Å². The Morgan fingerprint density at radius 2 is 1.92 bits per heavy atom. The molecule has 2 aliphatic heterocycles. The molecule has 24 heavy (non-hydrogen) atoms. The summed E-state index contributed by atoms with van der Waals surface area (Å²) >= 11 is 1.87. The summed E-state index contributed by atoms with van der Waals surface area (Å²) in [4.78, 5) is 0.184. The summed E-state index contributed by atoms with van der Waals surface area (Å²) in [5.41, 5.74) is -0.413. The van der Waals surface area contributed by atoms with Crippen LogP contribution in [0.15, 0.2) is 23.1 Å². The van der Waals surface area contributed by atoms with Gasteiger partial charge in [0.1, 0.15) is 0 Å². The van der Waals surface area contributed by atoms with Gasteiger partial charge in [0, 0.05) is 26.1 Å². The van der Waals surface area contributed by atoms with Crippen LogP contribution in [0, 0.1) is 0 Å². The summed E-state index contributed by atoms with van der Waals surface area (Å²) < 4.78 is 44.7. The van der Waals surface area contributed by atoms with Gasteiger partial charge in [-0.25, -0.2) is 13.1 Å². The molecule has 0 bridgehead atoms. The highest BCUT2D eigenvalue weighted by Crippen LogP contribution is 2.33. The van der Waals surface area contributed by atoms with Crippen LogP contribution in [0.25, 0.3) is 0 Å². The molecule has 0 aromatic heterocycles. The lowest BCUT2D eigenvalue weighted by molar-refractivity contribution is -0.0119. The van der Waals surface area contributed by atoms with E-state index in [1.54, 1.807) is 19.2 Å². The number of hydrogen-bond acceptors (Lipinski definition) is 6. The van der Waals surface area contributed by atoms with E-state index in [2.05, 4.69) is 4.72 Å². The lowest BCUT2D eigenvalue weighted by Crippen LogP contribution is -2.46. The van der Waals surface area contributed by atoms with Gasteiger partial charge in [-0.05, 0) is 36.5 Å². The quantitative estimate of drug-likeness (QED) is 0.851. The molecule has 134 valence electrons. The van der Waals surface area contributed by atoms with Crippen molar-refractivity contribution in [3.63, 3.8) is 0 Å². The van der Waals surface area contributed by atoms with Crippen LogP contribution in [0.5, 0.6) is 11.5 Å². The molecule has 0 saturated carbocycles. The van der Waals surface area contributed by atoms with Crippen molar-refractivity contribution in [1.29, 1.82) is 0 Å². The molecule has 1 saturated heterocycles. The molecule has 0 amide bonds. The maximum absolute atomic E-state index is 12.6. The van der Waals surface area contributed by atoms with Gasteiger partial charge >= 0.3 is 0 Å². The second-order valence-corrected chi connectivity index (χ2v) is 8.97. The van der Waals surface area contributed by atoms with Gasteiger partial charge in [-0.3, -0.25) is 0 Å². The standard InChI is InChI=1S/C16H23NO5S2/c1-20-16(5-9-23-10-6-16)12-17-24(18,19)13-3-4-14-15(11-13)22-8-2-7-21-14/h3-4,11,17H,2,5-10,12H2,1H3. The summed E-state index contributed by atoms with van der Waals surface area (Å²) in [7, 11) is -1.97. The molecule has 3 rings (SSSR count). The van der Waals surface area contributed by atoms with Crippen molar-refractivity contribution < 1.29 is 22.6 Å². The molecule has 6 nitrogen and oxygen atoms in total. The molecule has 2 aliphatic rings. The van der Waals surface area contributed by atoms with Crippen LogP contribution in [-0.2, 0) is 14.8 Å². The molecule has 0 unspecified atom stereocenters. The average molecular weight is 373 g/mol. The Hall–Kier alpha value is -0.960. The van der Waals surface area contributed by atoms with Crippen LogP contribution in [0.2, 0.25) is 0 Å². The third kappa shape index (κ3) is 3.99. The SMILES string of the molecule is COC1(CNS(=O)(=O)c2ccc3c(c2)OCCCO3)CCSCC1. The summed E-state index contributed by atoms with van der Waals surface area (Å²) in [5, 5.41) is 0. The lowest BCUT2D eigenvalue weighted by atomic mass is 9.97.